The molecule has 0 aliphatic carbocycles. The van der Waals surface area contributed by atoms with Crippen molar-refractivity contribution < 1.29 is 9.59 Å². The van der Waals surface area contributed by atoms with Crippen LogP contribution in [0.3, 0.4) is 0 Å². The number of aromatic nitrogens is 2. The summed E-state index contributed by atoms with van der Waals surface area (Å²) in [7, 11) is 1.92. The average molecular weight is 353 g/mol. The second kappa shape index (κ2) is 6.57. The van der Waals surface area contributed by atoms with Gasteiger partial charge in [0.15, 0.2) is 0 Å². The molecule has 0 unspecified atom stereocenters. The molecule has 2 aliphatic heterocycles. The molecule has 2 amide bonds. The number of nitrogens with zero attached hydrogens (tertiary/aromatic N) is 4. The second-order valence-corrected chi connectivity index (χ2v) is 7.17. The minimum absolute atomic E-state index is 0.0555. The summed E-state index contributed by atoms with van der Waals surface area (Å²) >= 11 is 0. The smallest absolute Gasteiger partial charge is 0.255 e. The molecular weight excluding hydrogens is 330 g/mol. The van der Waals surface area contributed by atoms with Crippen molar-refractivity contribution in [1.29, 1.82) is 0 Å². The lowest BCUT2D eigenvalue weighted by Crippen LogP contribution is -2.44. The number of hydrogen-bond acceptors (Lipinski definition) is 4. The van der Waals surface area contributed by atoms with E-state index in [9.17, 15) is 9.59 Å². The van der Waals surface area contributed by atoms with Crippen LogP contribution in [0.2, 0.25) is 0 Å². The number of amides is 2. The Morgan fingerprint density at radius 2 is 2.08 bits per heavy atom. The highest BCUT2D eigenvalue weighted by molar-refractivity contribution is 6.09. The summed E-state index contributed by atoms with van der Waals surface area (Å²) in [4.78, 5) is 28.8. The second-order valence-electron chi connectivity index (χ2n) is 7.17. The number of carbonyl (C=O) groups is 2. The highest BCUT2D eigenvalue weighted by Crippen LogP contribution is 2.30. The number of carbonyl (C=O) groups excluding carboxylic acids is 2. The molecule has 0 bridgehead atoms. The minimum Gasteiger partial charge on any atom is -0.366 e. The Hall–Kier alpha value is -2.67. The molecule has 3 heterocycles. The van der Waals surface area contributed by atoms with E-state index in [0.717, 1.165) is 38.0 Å². The molecule has 1 aromatic heterocycles. The minimum atomic E-state index is -0.539. The van der Waals surface area contributed by atoms with Crippen molar-refractivity contribution in [2.24, 2.45) is 12.8 Å². The third kappa shape index (κ3) is 2.99. The predicted molar refractivity (Wildman–Crippen MR) is 96.3 cm³/mol. The summed E-state index contributed by atoms with van der Waals surface area (Å²) in [6, 6.07) is 5.56. The molecule has 1 fully saturated rings. The number of primary amides is 1. The van der Waals surface area contributed by atoms with Gasteiger partial charge in [0.1, 0.15) is 0 Å². The molecule has 2 aliphatic rings. The zero-order valence-corrected chi connectivity index (χ0v) is 14.9. The summed E-state index contributed by atoms with van der Waals surface area (Å²) in [5.74, 6) is -0.594. The third-order valence-corrected chi connectivity index (χ3v) is 5.39. The van der Waals surface area contributed by atoms with Crippen LogP contribution >= 0.6 is 0 Å². The zero-order valence-electron chi connectivity index (χ0n) is 14.9. The molecule has 4 rings (SSSR count). The number of nitrogens with two attached hydrogens (primary N) is 1. The summed E-state index contributed by atoms with van der Waals surface area (Å²) in [6.45, 7) is 3.35. The van der Waals surface area contributed by atoms with E-state index in [2.05, 4.69) is 10.00 Å². The van der Waals surface area contributed by atoms with Crippen LogP contribution in [0.4, 0.5) is 0 Å². The summed E-state index contributed by atoms with van der Waals surface area (Å²) in [6.07, 6.45) is 5.81. The first kappa shape index (κ1) is 16.8. The third-order valence-electron chi connectivity index (χ3n) is 5.39. The van der Waals surface area contributed by atoms with E-state index < -0.39 is 5.91 Å². The van der Waals surface area contributed by atoms with E-state index >= 15 is 0 Å². The van der Waals surface area contributed by atoms with Gasteiger partial charge in [-0.25, -0.2) is 0 Å². The normalized spacial score (nSPS) is 18.3. The van der Waals surface area contributed by atoms with Gasteiger partial charge in [-0.05, 0) is 24.5 Å². The Labute approximate surface area is 152 Å². The summed E-state index contributed by atoms with van der Waals surface area (Å²) in [5, 5.41) is 4.21. The highest BCUT2D eigenvalue weighted by atomic mass is 16.2. The number of likely N-dealkylation sites (tertiary alicyclic amines) is 1. The quantitative estimate of drug-likeness (QED) is 0.893. The molecule has 0 saturated carbocycles. The Bertz CT molecular complexity index is 851. The van der Waals surface area contributed by atoms with E-state index in [-0.39, 0.29) is 11.9 Å². The first-order valence-corrected chi connectivity index (χ1v) is 8.95. The number of fused-ring (bicyclic) bond motifs is 1. The Balaban J connectivity index is 1.42. The Kier molecular flexibility index (Phi) is 4.24. The van der Waals surface area contributed by atoms with Crippen LogP contribution in [0.25, 0.3) is 0 Å². The fourth-order valence-corrected chi connectivity index (χ4v) is 4.08. The van der Waals surface area contributed by atoms with Crippen LogP contribution in [0.5, 0.6) is 0 Å². The SMILES string of the molecule is Cn1cc(CN2CCC(N3Cc4cccc(C(N)=O)c4C3=O)CC2)cn1. The van der Waals surface area contributed by atoms with Gasteiger partial charge in [-0.2, -0.15) is 5.10 Å². The van der Waals surface area contributed by atoms with Gasteiger partial charge in [-0.3, -0.25) is 19.2 Å². The lowest BCUT2D eigenvalue weighted by atomic mass is 10.0. The molecule has 26 heavy (non-hydrogen) atoms. The standard InChI is InChI=1S/C19H23N5O2/c1-22-10-13(9-21-22)11-23-7-5-15(6-8-23)24-12-14-3-2-4-16(18(20)25)17(14)19(24)26/h2-4,9-10,15H,5-8,11-12H2,1H3,(H2,20,25). The first-order chi connectivity index (χ1) is 12.5. The molecule has 2 N–H and O–H groups in total. The van der Waals surface area contributed by atoms with Crippen LogP contribution < -0.4 is 5.73 Å². The van der Waals surface area contributed by atoms with E-state index in [0.29, 0.717) is 17.7 Å². The van der Waals surface area contributed by atoms with E-state index in [1.54, 1.807) is 12.1 Å². The number of aryl methyl sites for hydroxylation is 1. The maximum absolute atomic E-state index is 12.9. The topological polar surface area (TPSA) is 84.5 Å². The van der Waals surface area contributed by atoms with Gasteiger partial charge in [0.2, 0.25) is 5.91 Å². The Morgan fingerprint density at radius 1 is 1.31 bits per heavy atom. The molecule has 7 heteroatoms. The molecule has 1 saturated heterocycles. The lowest BCUT2D eigenvalue weighted by Gasteiger charge is -2.36. The van der Waals surface area contributed by atoms with Crippen molar-refractivity contribution in [3.05, 3.63) is 52.8 Å². The fourth-order valence-electron chi connectivity index (χ4n) is 4.08. The van der Waals surface area contributed by atoms with Gasteiger partial charge in [-0.1, -0.05) is 12.1 Å². The van der Waals surface area contributed by atoms with Crippen molar-refractivity contribution >= 4 is 11.8 Å². The van der Waals surface area contributed by atoms with Crippen molar-refractivity contribution in [3.63, 3.8) is 0 Å². The van der Waals surface area contributed by atoms with Gasteiger partial charge in [-0.15, -0.1) is 0 Å². The maximum Gasteiger partial charge on any atom is 0.255 e. The molecule has 2 aromatic rings. The molecule has 0 atom stereocenters. The van der Waals surface area contributed by atoms with Crippen molar-refractivity contribution in [2.75, 3.05) is 13.1 Å². The van der Waals surface area contributed by atoms with E-state index in [1.165, 1.54) is 5.56 Å². The monoisotopic (exact) mass is 353 g/mol. The highest BCUT2D eigenvalue weighted by Gasteiger charge is 2.36. The Morgan fingerprint density at radius 3 is 2.73 bits per heavy atom. The van der Waals surface area contributed by atoms with Crippen LogP contribution in [0.1, 0.15) is 44.7 Å². The van der Waals surface area contributed by atoms with Crippen LogP contribution in [-0.2, 0) is 20.1 Å². The first-order valence-electron chi connectivity index (χ1n) is 8.95. The summed E-state index contributed by atoms with van der Waals surface area (Å²) < 4.78 is 1.82. The zero-order chi connectivity index (χ0) is 18.3. The van der Waals surface area contributed by atoms with Crippen LogP contribution in [-0.4, -0.2) is 50.5 Å². The maximum atomic E-state index is 12.9. The molecule has 0 spiro atoms. The van der Waals surface area contributed by atoms with Crippen LogP contribution in [0.15, 0.2) is 30.6 Å². The number of piperidine rings is 1. The average Bonchev–Trinajstić information content (AvgIpc) is 3.19. The van der Waals surface area contributed by atoms with Gasteiger partial charge >= 0.3 is 0 Å². The molecule has 136 valence electrons. The largest absolute Gasteiger partial charge is 0.366 e. The molecule has 7 nitrogen and oxygen atoms in total. The fraction of sp³-hybridized carbons (Fsp3) is 0.421. The molecule has 0 radical (unpaired) electrons. The summed E-state index contributed by atoms with van der Waals surface area (Å²) in [5.41, 5.74) is 8.39. The number of hydrogen-bond donors (Lipinski definition) is 1. The number of benzene rings is 1. The number of rotatable bonds is 4. The van der Waals surface area contributed by atoms with Gasteiger partial charge in [0.25, 0.3) is 5.91 Å². The lowest BCUT2D eigenvalue weighted by molar-refractivity contribution is 0.0588. The van der Waals surface area contributed by atoms with E-state index in [4.69, 9.17) is 5.73 Å². The molecular formula is C19H23N5O2. The van der Waals surface area contributed by atoms with Crippen molar-refractivity contribution in [2.45, 2.75) is 32.0 Å². The van der Waals surface area contributed by atoms with Gasteiger partial charge in [0, 0.05) is 51.0 Å². The van der Waals surface area contributed by atoms with E-state index in [1.807, 2.05) is 35.1 Å². The van der Waals surface area contributed by atoms with Crippen LogP contribution in [0, 0.1) is 0 Å². The molecule has 1 aromatic carbocycles. The van der Waals surface area contributed by atoms with Crippen molar-refractivity contribution in [1.82, 2.24) is 19.6 Å². The van der Waals surface area contributed by atoms with Gasteiger partial charge < -0.3 is 10.6 Å². The van der Waals surface area contributed by atoms with Gasteiger partial charge in [0.05, 0.1) is 17.3 Å². The van der Waals surface area contributed by atoms with Crippen molar-refractivity contribution in [3.8, 4) is 0 Å². The predicted octanol–water partition coefficient (Wildman–Crippen LogP) is 1.14.